The standard InChI is InChI=1S/C9H12N2O.H2O/c1-6-5-8(10)3-4-9(6)11-7(2)12;/h3-5H,10H2,1-2H3,(H,11,12);1H2. The Kier molecular flexibility index (Phi) is 3.94. The van der Waals surface area contributed by atoms with Gasteiger partial charge in [0.2, 0.25) is 5.91 Å². The van der Waals surface area contributed by atoms with Crippen LogP contribution in [0, 0.1) is 6.92 Å². The summed E-state index contributed by atoms with van der Waals surface area (Å²) in [6.45, 7) is 3.39. The molecule has 0 aliphatic heterocycles. The fourth-order valence-corrected chi connectivity index (χ4v) is 1.02. The Morgan fingerprint density at radius 1 is 1.46 bits per heavy atom. The third kappa shape index (κ3) is 3.13. The van der Waals surface area contributed by atoms with E-state index in [9.17, 15) is 4.79 Å². The molecule has 0 aliphatic rings. The number of carbonyl (C=O) groups excluding carboxylic acids is 1. The predicted octanol–water partition coefficient (Wildman–Crippen LogP) is 0.711. The van der Waals surface area contributed by atoms with Gasteiger partial charge in [-0.2, -0.15) is 0 Å². The van der Waals surface area contributed by atoms with E-state index in [0.29, 0.717) is 5.69 Å². The molecule has 0 heterocycles. The average molecular weight is 182 g/mol. The smallest absolute Gasteiger partial charge is 0.221 e. The highest BCUT2D eigenvalue weighted by molar-refractivity contribution is 5.89. The van der Waals surface area contributed by atoms with E-state index in [-0.39, 0.29) is 11.4 Å². The lowest BCUT2D eigenvalue weighted by Gasteiger charge is -2.06. The Balaban J connectivity index is 0.00000144. The van der Waals surface area contributed by atoms with Crippen molar-refractivity contribution in [2.24, 2.45) is 0 Å². The second-order valence-corrected chi connectivity index (χ2v) is 2.76. The topological polar surface area (TPSA) is 86.6 Å². The summed E-state index contributed by atoms with van der Waals surface area (Å²) in [5.41, 5.74) is 8.05. The van der Waals surface area contributed by atoms with Gasteiger partial charge in [0.1, 0.15) is 0 Å². The molecule has 72 valence electrons. The highest BCUT2D eigenvalue weighted by Gasteiger charge is 1.98. The summed E-state index contributed by atoms with van der Waals surface area (Å²) in [5, 5.41) is 2.71. The van der Waals surface area contributed by atoms with Crippen LogP contribution < -0.4 is 11.1 Å². The van der Waals surface area contributed by atoms with Gasteiger partial charge in [0.05, 0.1) is 0 Å². The van der Waals surface area contributed by atoms with Crippen LogP contribution in [0.5, 0.6) is 0 Å². The van der Waals surface area contributed by atoms with Crippen molar-refractivity contribution in [3.8, 4) is 0 Å². The molecule has 13 heavy (non-hydrogen) atoms. The molecule has 4 nitrogen and oxygen atoms in total. The lowest BCUT2D eigenvalue weighted by atomic mass is 10.2. The molecule has 0 unspecified atom stereocenters. The third-order valence-electron chi connectivity index (χ3n) is 1.56. The van der Waals surface area contributed by atoms with Crippen molar-refractivity contribution in [2.45, 2.75) is 13.8 Å². The zero-order valence-corrected chi connectivity index (χ0v) is 7.72. The second-order valence-electron chi connectivity index (χ2n) is 2.76. The molecule has 0 aliphatic carbocycles. The van der Waals surface area contributed by atoms with E-state index in [1.165, 1.54) is 6.92 Å². The van der Waals surface area contributed by atoms with E-state index in [0.717, 1.165) is 11.3 Å². The highest BCUT2D eigenvalue weighted by atomic mass is 16.1. The lowest BCUT2D eigenvalue weighted by Crippen LogP contribution is -2.07. The molecular formula is C9H14N2O2. The third-order valence-corrected chi connectivity index (χ3v) is 1.56. The maximum absolute atomic E-state index is 10.7. The first kappa shape index (κ1) is 11.4. The number of hydrogen-bond acceptors (Lipinski definition) is 2. The van der Waals surface area contributed by atoms with Gasteiger partial charge in [0.15, 0.2) is 0 Å². The second kappa shape index (κ2) is 4.47. The van der Waals surface area contributed by atoms with Crippen molar-refractivity contribution in [2.75, 3.05) is 11.1 Å². The molecule has 0 fully saturated rings. The van der Waals surface area contributed by atoms with Crippen molar-refractivity contribution in [1.82, 2.24) is 0 Å². The minimum absolute atomic E-state index is 0. The Labute approximate surface area is 77.1 Å². The quantitative estimate of drug-likeness (QED) is 0.626. The van der Waals surface area contributed by atoms with Gasteiger partial charge in [0.25, 0.3) is 0 Å². The molecule has 0 saturated heterocycles. The lowest BCUT2D eigenvalue weighted by molar-refractivity contribution is -0.114. The van der Waals surface area contributed by atoms with Crippen LogP contribution in [0.3, 0.4) is 0 Å². The normalized spacial score (nSPS) is 8.77. The van der Waals surface area contributed by atoms with Crippen LogP contribution in [0.15, 0.2) is 18.2 Å². The van der Waals surface area contributed by atoms with E-state index < -0.39 is 0 Å². The summed E-state index contributed by atoms with van der Waals surface area (Å²) in [6.07, 6.45) is 0. The fourth-order valence-electron chi connectivity index (χ4n) is 1.02. The van der Waals surface area contributed by atoms with Crippen LogP contribution in [0.25, 0.3) is 0 Å². The summed E-state index contributed by atoms with van der Waals surface area (Å²) >= 11 is 0. The number of rotatable bonds is 1. The molecular weight excluding hydrogens is 168 g/mol. The van der Waals surface area contributed by atoms with Crippen molar-refractivity contribution >= 4 is 17.3 Å². The van der Waals surface area contributed by atoms with Gasteiger partial charge in [-0.25, -0.2) is 0 Å². The highest BCUT2D eigenvalue weighted by Crippen LogP contribution is 2.17. The minimum Gasteiger partial charge on any atom is -0.412 e. The molecule has 0 aromatic heterocycles. The first-order chi connectivity index (χ1) is 5.59. The summed E-state index contributed by atoms with van der Waals surface area (Å²) < 4.78 is 0. The Morgan fingerprint density at radius 3 is 2.54 bits per heavy atom. The Hall–Kier alpha value is -1.55. The number of hydrogen-bond donors (Lipinski definition) is 2. The van der Waals surface area contributed by atoms with Gasteiger partial charge >= 0.3 is 0 Å². The molecule has 0 radical (unpaired) electrons. The van der Waals surface area contributed by atoms with Crippen molar-refractivity contribution in [3.05, 3.63) is 23.8 Å². The van der Waals surface area contributed by atoms with Crippen LogP contribution in [0.2, 0.25) is 0 Å². The Morgan fingerprint density at radius 2 is 2.08 bits per heavy atom. The molecule has 4 heteroatoms. The predicted molar refractivity (Wildman–Crippen MR) is 53.5 cm³/mol. The van der Waals surface area contributed by atoms with Crippen LogP contribution in [-0.2, 0) is 4.79 Å². The largest absolute Gasteiger partial charge is 0.412 e. The summed E-state index contributed by atoms with van der Waals surface area (Å²) in [7, 11) is 0. The molecule has 1 rings (SSSR count). The number of aryl methyl sites for hydroxylation is 1. The van der Waals surface area contributed by atoms with Crippen LogP contribution in [0.4, 0.5) is 11.4 Å². The minimum atomic E-state index is -0.0668. The molecule has 1 amide bonds. The summed E-state index contributed by atoms with van der Waals surface area (Å²) in [5.74, 6) is -0.0668. The Bertz CT molecular complexity index is 310. The van der Waals surface area contributed by atoms with Gasteiger partial charge < -0.3 is 16.5 Å². The first-order valence-corrected chi connectivity index (χ1v) is 3.73. The van der Waals surface area contributed by atoms with Crippen LogP contribution >= 0.6 is 0 Å². The first-order valence-electron chi connectivity index (χ1n) is 3.73. The maximum Gasteiger partial charge on any atom is 0.221 e. The van der Waals surface area contributed by atoms with Crippen molar-refractivity contribution in [1.29, 1.82) is 0 Å². The number of nitrogens with one attached hydrogen (secondary N) is 1. The number of carbonyl (C=O) groups is 1. The SMILES string of the molecule is CC(=O)Nc1ccc(N)cc1C.O. The van der Waals surface area contributed by atoms with E-state index in [2.05, 4.69) is 5.32 Å². The van der Waals surface area contributed by atoms with Gasteiger partial charge in [-0.15, -0.1) is 0 Å². The molecule has 1 aromatic rings. The monoisotopic (exact) mass is 182 g/mol. The van der Waals surface area contributed by atoms with Gasteiger partial charge in [-0.05, 0) is 30.7 Å². The number of amides is 1. The zero-order chi connectivity index (χ0) is 9.14. The van der Waals surface area contributed by atoms with Gasteiger partial charge in [0, 0.05) is 18.3 Å². The zero-order valence-electron chi connectivity index (χ0n) is 7.72. The number of nitrogens with two attached hydrogens (primary N) is 1. The molecule has 1 aromatic carbocycles. The number of nitrogen functional groups attached to an aromatic ring is 1. The van der Waals surface area contributed by atoms with E-state index in [1.807, 2.05) is 13.0 Å². The molecule has 0 spiro atoms. The molecule has 5 N–H and O–H groups in total. The van der Waals surface area contributed by atoms with Crippen LogP contribution in [0.1, 0.15) is 12.5 Å². The molecule has 0 atom stereocenters. The van der Waals surface area contributed by atoms with Crippen molar-refractivity contribution in [3.63, 3.8) is 0 Å². The summed E-state index contributed by atoms with van der Waals surface area (Å²) in [6, 6.07) is 5.38. The van der Waals surface area contributed by atoms with E-state index in [4.69, 9.17) is 5.73 Å². The van der Waals surface area contributed by atoms with Crippen molar-refractivity contribution < 1.29 is 10.3 Å². The van der Waals surface area contributed by atoms with Crippen LogP contribution in [-0.4, -0.2) is 11.4 Å². The molecule has 0 saturated carbocycles. The molecule has 0 bridgehead atoms. The fraction of sp³-hybridized carbons (Fsp3) is 0.222. The van der Waals surface area contributed by atoms with Gasteiger partial charge in [-0.1, -0.05) is 0 Å². The van der Waals surface area contributed by atoms with E-state index in [1.54, 1.807) is 12.1 Å². The van der Waals surface area contributed by atoms with E-state index >= 15 is 0 Å². The summed E-state index contributed by atoms with van der Waals surface area (Å²) in [4.78, 5) is 10.7. The maximum atomic E-state index is 10.7. The average Bonchev–Trinajstić information content (AvgIpc) is 1.94. The number of benzene rings is 1. The number of anilines is 2. The van der Waals surface area contributed by atoms with Gasteiger partial charge in [-0.3, -0.25) is 4.79 Å².